The minimum Gasteiger partial charge on any atom is -0.375 e. The molecule has 0 saturated carbocycles. The summed E-state index contributed by atoms with van der Waals surface area (Å²) in [6, 6.07) is 17.0. The molecule has 2 heterocycles. The molecular weight excluding hydrogens is 332 g/mol. The molecule has 1 aliphatic heterocycles. The van der Waals surface area contributed by atoms with Crippen molar-refractivity contribution >= 4 is 32.1 Å². The SMILES string of the molecule is CCc1ccccc1N=c1ssc2c1-c1ccccc1NC2(C)C. The van der Waals surface area contributed by atoms with Gasteiger partial charge in [-0.15, -0.1) is 0 Å². The molecule has 4 heteroatoms. The van der Waals surface area contributed by atoms with Crippen LogP contribution in [0.2, 0.25) is 0 Å². The Kier molecular flexibility index (Phi) is 3.82. The van der Waals surface area contributed by atoms with Gasteiger partial charge >= 0.3 is 0 Å². The molecule has 1 aromatic heterocycles. The van der Waals surface area contributed by atoms with Crippen LogP contribution in [-0.2, 0) is 12.0 Å². The van der Waals surface area contributed by atoms with Gasteiger partial charge in [0.05, 0.1) is 16.1 Å². The van der Waals surface area contributed by atoms with Crippen LogP contribution in [0.1, 0.15) is 31.2 Å². The number of anilines is 1. The lowest BCUT2D eigenvalue weighted by Gasteiger charge is -2.33. The van der Waals surface area contributed by atoms with E-state index in [0.717, 1.165) is 16.8 Å². The number of benzene rings is 2. The maximum absolute atomic E-state index is 5.05. The Morgan fingerprint density at radius 2 is 1.75 bits per heavy atom. The Hall–Kier alpha value is -1.91. The summed E-state index contributed by atoms with van der Waals surface area (Å²) in [4.78, 5) is 6.42. The van der Waals surface area contributed by atoms with Crippen molar-refractivity contribution in [1.29, 1.82) is 0 Å². The Balaban J connectivity index is 1.99. The summed E-state index contributed by atoms with van der Waals surface area (Å²) in [5, 5.41) is 3.67. The summed E-state index contributed by atoms with van der Waals surface area (Å²) in [6.45, 7) is 6.67. The van der Waals surface area contributed by atoms with Crippen molar-refractivity contribution in [3.63, 3.8) is 0 Å². The molecule has 0 spiro atoms. The second-order valence-electron chi connectivity index (χ2n) is 6.57. The number of rotatable bonds is 2. The van der Waals surface area contributed by atoms with Crippen molar-refractivity contribution in [1.82, 2.24) is 0 Å². The van der Waals surface area contributed by atoms with Gasteiger partial charge in [0.15, 0.2) is 0 Å². The Morgan fingerprint density at radius 1 is 1.00 bits per heavy atom. The van der Waals surface area contributed by atoms with E-state index < -0.39 is 0 Å². The minimum atomic E-state index is -0.0666. The van der Waals surface area contributed by atoms with Gasteiger partial charge in [-0.2, -0.15) is 0 Å². The van der Waals surface area contributed by atoms with E-state index in [2.05, 4.69) is 74.6 Å². The number of nitrogens with one attached hydrogen (secondary N) is 1. The van der Waals surface area contributed by atoms with Gasteiger partial charge in [0, 0.05) is 16.8 Å². The van der Waals surface area contributed by atoms with Gasteiger partial charge in [0.2, 0.25) is 0 Å². The van der Waals surface area contributed by atoms with Crippen molar-refractivity contribution in [2.45, 2.75) is 32.7 Å². The fourth-order valence-corrected chi connectivity index (χ4v) is 6.15. The zero-order chi connectivity index (χ0) is 16.7. The molecule has 0 radical (unpaired) electrons. The molecule has 2 nitrogen and oxygen atoms in total. The maximum Gasteiger partial charge on any atom is 0.135 e. The number of para-hydroxylation sites is 2. The summed E-state index contributed by atoms with van der Waals surface area (Å²) in [7, 11) is 3.62. The zero-order valence-electron chi connectivity index (χ0n) is 14.1. The molecule has 122 valence electrons. The van der Waals surface area contributed by atoms with E-state index in [1.165, 1.54) is 27.3 Å². The third-order valence-corrected chi connectivity index (χ3v) is 7.09. The maximum atomic E-state index is 5.05. The normalized spacial score (nSPS) is 15.5. The average Bonchev–Trinajstić information content (AvgIpc) is 3.00. The number of fused-ring (bicyclic) bond motifs is 3. The molecule has 1 aliphatic rings. The van der Waals surface area contributed by atoms with Crippen molar-refractivity contribution < 1.29 is 0 Å². The van der Waals surface area contributed by atoms with Crippen LogP contribution in [0.15, 0.2) is 53.5 Å². The van der Waals surface area contributed by atoms with Gasteiger partial charge in [-0.25, -0.2) is 4.99 Å². The van der Waals surface area contributed by atoms with Gasteiger partial charge in [-0.05, 0) is 38.0 Å². The van der Waals surface area contributed by atoms with Gasteiger partial charge in [0.1, 0.15) is 4.67 Å². The fraction of sp³-hybridized carbons (Fsp3) is 0.250. The highest BCUT2D eigenvalue weighted by molar-refractivity contribution is 7.68. The molecule has 0 aliphatic carbocycles. The van der Waals surface area contributed by atoms with Crippen LogP contribution in [0, 0.1) is 0 Å². The molecule has 0 amide bonds. The molecule has 2 aromatic carbocycles. The Labute approximate surface area is 149 Å². The van der Waals surface area contributed by atoms with Crippen LogP contribution in [0.3, 0.4) is 0 Å². The summed E-state index contributed by atoms with van der Waals surface area (Å²) < 4.78 is 1.12. The van der Waals surface area contributed by atoms with Crippen LogP contribution in [0.25, 0.3) is 11.1 Å². The minimum absolute atomic E-state index is 0.0666. The third-order valence-electron chi connectivity index (χ3n) is 4.45. The summed E-state index contributed by atoms with van der Waals surface area (Å²) in [5.74, 6) is 0. The summed E-state index contributed by atoms with van der Waals surface area (Å²) in [5.41, 5.74) is 6.08. The van der Waals surface area contributed by atoms with Crippen LogP contribution in [-0.4, -0.2) is 0 Å². The molecule has 24 heavy (non-hydrogen) atoms. The molecule has 1 N–H and O–H groups in total. The highest BCUT2D eigenvalue weighted by Crippen LogP contribution is 2.45. The zero-order valence-corrected chi connectivity index (χ0v) is 15.7. The Bertz CT molecular complexity index is 964. The topological polar surface area (TPSA) is 24.4 Å². The molecule has 3 aromatic rings. The molecule has 0 unspecified atom stereocenters. The molecule has 0 atom stereocenters. The largest absolute Gasteiger partial charge is 0.375 e. The molecule has 0 saturated heterocycles. The van der Waals surface area contributed by atoms with Crippen LogP contribution < -0.4 is 9.99 Å². The van der Waals surface area contributed by atoms with Crippen LogP contribution >= 0.6 is 20.7 Å². The molecular formula is C20H20N2S2. The van der Waals surface area contributed by atoms with Gasteiger partial charge in [0.25, 0.3) is 0 Å². The van der Waals surface area contributed by atoms with E-state index in [-0.39, 0.29) is 5.54 Å². The second-order valence-corrected chi connectivity index (χ2v) is 8.69. The van der Waals surface area contributed by atoms with Gasteiger partial charge in [-0.3, -0.25) is 0 Å². The lowest BCUT2D eigenvalue weighted by Crippen LogP contribution is -2.31. The number of hydrogen-bond donors (Lipinski definition) is 1. The number of nitrogens with zero attached hydrogens (tertiary/aromatic N) is 1. The highest BCUT2D eigenvalue weighted by atomic mass is 32.9. The predicted octanol–water partition coefficient (Wildman–Crippen LogP) is 5.93. The monoisotopic (exact) mass is 352 g/mol. The van der Waals surface area contributed by atoms with Gasteiger partial charge < -0.3 is 5.32 Å². The lowest BCUT2D eigenvalue weighted by molar-refractivity contribution is 0.619. The quantitative estimate of drug-likeness (QED) is 0.568. The van der Waals surface area contributed by atoms with Gasteiger partial charge in [-0.1, -0.05) is 64.0 Å². The highest BCUT2D eigenvalue weighted by Gasteiger charge is 2.33. The van der Waals surface area contributed by atoms with E-state index >= 15 is 0 Å². The molecule has 0 bridgehead atoms. The average molecular weight is 353 g/mol. The van der Waals surface area contributed by atoms with E-state index in [1.54, 1.807) is 10.3 Å². The van der Waals surface area contributed by atoms with Crippen molar-refractivity contribution in [3.8, 4) is 11.1 Å². The fourth-order valence-electron chi connectivity index (χ4n) is 3.22. The summed E-state index contributed by atoms with van der Waals surface area (Å²) in [6.07, 6.45) is 1.00. The first-order valence-electron chi connectivity index (χ1n) is 8.24. The van der Waals surface area contributed by atoms with E-state index in [1.807, 2.05) is 10.3 Å². The van der Waals surface area contributed by atoms with Crippen LogP contribution in [0.4, 0.5) is 11.4 Å². The summed E-state index contributed by atoms with van der Waals surface area (Å²) >= 11 is 0. The first-order chi connectivity index (χ1) is 11.6. The van der Waals surface area contributed by atoms with Crippen molar-refractivity contribution in [2.24, 2.45) is 4.99 Å². The van der Waals surface area contributed by atoms with E-state index in [9.17, 15) is 0 Å². The standard InChI is InChI=1S/C20H20N2S2/c1-4-13-9-5-7-11-15(13)21-19-17-14-10-6-8-12-16(14)22-20(2,3)18(17)23-24-19/h5-12,22H,4H2,1-3H3. The Morgan fingerprint density at radius 3 is 2.58 bits per heavy atom. The smallest absolute Gasteiger partial charge is 0.135 e. The number of aryl methyl sites for hydroxylation is 1. The second kappa shape index (κ2) is 5.87. The first kappa shape index (κ1) is 15.6. The molecule has 4 rings (SSSR count). The van der Waals surface area contributed by atoms with Crippen molar-refractivity contribution in [2.75, 3.05) is 5.32 Å². The number of hydrogen-bond acceptors (Lipinski definition) is 4. The lowest BCUT2D eigenvalue weighted by atomic mass is 9.90. The van der Waals surface area contributed by atoms with E-state index in [0.29, 0.717) is 0 Å². The predicted molar refractivity (Wildman–Crippen MR) is 105 cm³/mol. The van der Waals surface area contributed by atoms with Crippen molar-refractivity contribution in [3.05, 3.63) is 63.6 Å². The van der Waals surface area contributed by atoms with Crippen LogP contribution in [0.5, 0.6) is 0 Å². The molecule has 0 fully saturated rings. The van der Waals surface area contributed by atoms with E-state index in [4.69, 9.17) is 4.99 Å². The first-order valence-corrected chi connectivity index (χ1v) is 10.4. The third kappa shape index (κ3) is 2.50.